The lowest BCUT2D eigenvalue weighted by molar-refractivity contribution is 0.102. The molecule has 0 aliphatic rings. The molecule has 1 aromatic heterocycles. The largest absolute Gasteiger partial charge is 0.321 e. The van der Waals surface area contributed by atoms with Crippen molar-refractivity contribution in [3.8, 4) is 0 Å². The average Bonchev–Trinajstić information content (AvgIpc) is 2.53. The minimum Gasteiger partial charge on any atom is -0.321 e. The summed E-state index contributed by atoms with van der Waals surface area (Å²) in [6.45, 7) is 11.5. The quantitative estimate of drug-likeness (QED) is 0.758. The van der Waals surface area contributed by atoms with E-state index in [0.29, 0.717) is 22.7 Å². The molecule has 0 saturated heterocycles. The minimum absolute atomic E-state index is 0.223. The number of hydrogen-bond donors (Lipinski definition) is 1. The molecule has 0 spiro atoms. The van der Waals surface area contributed by atoms with Crippen LogP contribution in [-0.4, -0.2) is 10.9 Å². The molecule has 0 fully saturated rings. The van der Waals surface area contributed by atoms with E-state index < -0.39 is 0 Å². The zero-order valence-corrected chi connectivity index (χ0v) is 15.4. The van der Waals surface area contributed by atoms with Crippen LogP contribution in [0.5, 0.6) is 0 Å². The Bertz CT molecular complexity index is 797. The molecule has 0 aliphatic heterocycles. The number of nitrogens with one attached hydrogen (secondary N) is 1. The molecule has 1 amide bonds. The summed E-state index contributed by atoms with van der Waals surface area (Å²) < 4.78 is 0. The molecule has 0 unspecified atom stereocenters. The van der Waals surface area contributed by atoms with Gasteiger partial charge in [-0.25, -0.2) is 0 Å². The van der Waals surface area contributed by atoms with Crippen LogP contribution >= 0.6 is 11.6 Å². The van der Waals surface area contributed by atoms with Gasteiger partial charge in [-0.2, -0.15) is 0 Å². The van der Waals surface area contributed by atoms with Gasteiger partial charge in [0.1, 0.15) is 0 Å². The number of anilines is 1. The monoisotopic (exact) mass is 342 g/mol. The van der Waals surface area contributed by atoms with Gasteiger partial charge in [0.15, 0.2) is 0 Å². The topological polar surface area (TPSA) is 42.0 Å². The van der Waals surface area contributed by atoms with Gasteiger partial charge in [-0.15, -0.1) is 6.58 Å². The van der Waals surface area contributed by atoms with E-state index in [9.17, 15) is 4.79 Å². The lowest BCUT2D eigenvalue weighted by atomic mass is 10.0. The Labute approximate surface area is 148 Å². The molecule has 1 N–H and O–H groups in total. The normalized spacial score (nSPS) is 10.5. The summed E-state index contributed by atoms with van der Waals surface area (Å²) in [6.07, 6.45) is 3.20. The second-order valence-electron chi connectivity index (χ2n) is 5.86. The van der Waals surface area contributed by atoms with Crippen LogP contribution in [0.4, 0.5) is 5.69 Å². The zero-order valence-electron chi connectivity index (χ0n) is 14.7. The number of allylic oxidation sites excluding steroid dienone is 1. The maximum absolute atomic E-state index is 12.9. The number of pyridine rings is 1. The highest BCUT2D eigenvalue weighted by atomic mass is 35.5. The van der Waals surface area contributed by atoms with Crippen molar-refractivity contribution in [1.29, 1.82) is 0 Å². The fraction of sp³-hybridized carbons (Fsp3) is 0.300. The predicted octanol–water partition coefficient (Wildman–Crippen LogP) is 5.20. The first-order chi connectivity index (χ1) is 11.4. The van der Waals surface area contributed by atoms with E-state index >= 15 is 0 Å². The molecule has 0 saturated carbocycles. The SMILES string of the molecule is C=CCc1c(C)nc(C)c(C(=O)Nc2c(C)cccc2CC)c1Cl. The number of aryl methyl sites for hydroxylation is 4. The molecule has 3 nitrogen and oxygen atoms in total. The predicted molar refractivity (Wildman–Crippen MR) is 101 cm³/mol. The fourth-order valence-corrected chi connectivity index (χ4v) is 3.30. The maximum atomic E-state index is 12.9. The number of halogens is 1. The number of benzene rings is 1. The van der Waals surface area contributed by atoms with Crippen molar-refractivity contribution in [1.82, 2.24) is 4.98 Å². The smallest absolute Gasteiger partial charge is 0.259 e. The summed E-state index contributed by atoms with van der Waals surface area (Å²) in [5.74, 6) is -0.223. The van der Waals surface area contributed by atoms with E-state index in [2.05, 4.69) is 23.8 Å². The number of aromatic nitrogens is 1. The summed E-state index contributed by atoms with van der Waals surface area (Å²) in [4.78, 5) is 17.4. The first-order valence-electron chi connectivity index (χ1n) is 8.07. The van der Waals surface area contributed by atoms with Crippen LogP contribution < -0.4 is 5.32 Å². The Kier molecular flexibility index (Phi) is 5.79. The molecule has 0 radical (unpaired) electrons. The summed E-state index contributed by atoms with van der Waals surface area (Å²) in [6, 6.07) is 6.01. The third kappa shape index (κ3) is 3.51. The molecule has 24 heavy (non-hydrogen) atoms. The Hall–Kier alpha value is -2.13. The molecular formula is C20H23ClN2O. The van der Waals surface area contributed by atoms with E-state index in [1.165, 1.54) is 0 Å². The van der Waals surface area contributed by atoms with Gasteiger partial charge >= 0.3 is 0 Å². The van der Waals surface area contributed by atoms with E-state index in [1.54, 1.807) is 6.08 Å². The van der Waals surface area contributed by atoms with Crippen molar-refractivity contribution in [2.45, 2.75) is 40.5 Å². The Morgan fingerprint density at radius 2 is 2.00 bits per heavy atom. The molecule has 1 aromatic carbocycles. The van der Waals surface area contributed by atoms with Gasteiger partial charge in [0.25, 0.3) is 5.91 Å². The number of para-hydroxylation sites is 1. The van der Waals surface area contributed by atoms with Crippen LogP contribution in [0.1, 0.15) is 45.4 Å². The van der Waals surface area contributed by atoms with Crippen LogP contribution in [0.15, 0.2) is 30.9 Å². The third-order valence-corrected chi connectivity index (χ3v) is 4.59. The van der Waals surface area contributed by atoms with Gasteiger partial charge in [0.05, 0.1) is 16.3 Å². The van der Waals surface area contributed by atoms with Crippen molar-refractivity contribution in [2.75, 3.05) is 5.32 Å². The fourth-order valence-electron chi connectivity index (χ4n) is 2.87. The highest BCUT2D eigenvalue weighted by Gasteiger charge is 2.20. The second kappa shape index (κ2) is 7.63. The lowest BCUT2D eigenvalue weighted by Crippen LogP contribution is -2.18. The van der Waals surface area contributed by atoms with Crippen molar-refractivity contribution in [3.05, 3.63) is 69.5 Å². The highest BCUT2D eigenvalue weighted by molar-refractivity contribution is 6.35. The summed E-state index contributed by atoms with van der Waals surface area (Å²) in [5, 5.41) is 3.49. The average molecular weight is 343 g/mol. The van der Waals surface area contributed by atoms with Crippen molar-refractivity contribution in [3.63, 3.8) is 0 Å². The van der Waals surface area contributed by atoms with Crippen LogP contribution in [0.25, 0.3) is 0 Å². The minimum atomic E-state index is -0.223. The van der Waals surface area contributed by atoms with Gasteiger partial charge in [-0.1, -0.05) is 42.8 Å². The first kappa shape index (κ1) is 18.2. The van der Waals surface area contributed by atoms with E-state index in [0.717, 1.165) is 34.5 Å². The van der Waals surface area contributed by atoms with Crippen molar-refractivity contribution in [2.24, 2.45) is 0 Å². The van der Waals surface area contributed by atoms with Crippen molar-refractivity contribution < 1.29 is 4.79 Å². The molecule has 2 rings (SSSR count). The van der Waals surface area contributed by atoms with Gasteiger partial charge in [-0.3, -0.25) is 9.78 Å². The van der Waals surface area contributed by atoms with E-state index in [-0.39, 0.29) is 5.91 Å². The van der Waals surface area contributed by atoms with Crippen LogP contribution in [0.3, 0.4) is 0 Å². The van der Waals surface area contributed by atoms with Crippen LogP contribution in [0.2, 0.25) is 5.02 Å². The van der Waals surface area contributed by atoms with Crippen LogP contribution in [0, 0.1) is 20.8 Å². The Morgan fingerprint density at radius 3 is 2.62 bits per heavy atom. The molecule has 2 aromatic rings. The standard InChI is InChI=1S/C20H23ClN2O/c1-6-9-16-13(4)22-14(5)17(18(16)21)20(24)23-19-12(3)10-8-11-15(19)7-2/h6,8,10-11H,1,7,9H2,2-5H3,(H,23,24). The van der Waals surface area contributed by atoms with Gasteiger partial charge in [0, 0.05) is 11.4 Å². The number of nitrogens with zero attached hydrogens (tertiary/aromatic N) is 1. The number of carbonyl (C=O) groups is 1. The summed E-state index contributed by atoms with van der Waals surface area (Å²) >= 11 is 6.52. The third-order valence-electron chi connectivity index (χ3n) is 4.17. The Balaban J connectivity index is 2.48. The van der Waals surface area contributed by atoms with Gasteiger partial charge in [0.2, 0.25) is 0 Å². The van der Waals surface area contributed by atoms with E-state index in [1.807, 2.05) is 39.0 Å². The Morgan fingerprint density at radius 1 is 1.29 bits per heavy atom. The number of hydrogen-bond acceptors (Lipinski definition) is 2. The molecule has 1 heterocycles. The maximum Gasteiger partial charge on any atom is 0.259 e. The van der Waals surface area contributed by atoms with Crippen molar-refractivity contribution >= 4 is 23.2 Å². The molecular weight excluding hydrogens is 320 g/mol. The molecule has 4 heteroatoms. The van der Waals surface area contributed by atoms with E-state index in [4.69, 9.17) is 11.6 Å². The summed E-state index contributed by atoms with van der Waals surface area (Å²) in [5.41, 5.74) is 5.73. The molecule has 0 atom stereocenters. The van der Waals surface area contributed by atoms with Gasteiger partial charge < -0.3 is 5.32 Å². The number of amides is 1. The summed E-state index contributed by atoms with van der Waals surface area (Å²) in [7, 11) is 0. The molecule has 0 aliphatic carbocycles. The molecule has 0 bridgehead atoms. The second-order valence-corrected chi connectivity index (χ2v) is 6.24. The zero-order chi connectivity index (χ0) is 17.9. The number of rotatable bonds is 5. The number of carbonyl (C=O) groups excluding carboxylic acids is 1. The molecule has 126 valence electrons. The lowest BCUT2D eigenvalue weighted by Gasteiger charge is -2.16. The van der Waals surface area contributed by atoms with Crippen LogP contribution in [-0.2, 0) is 12.8 Å². The first-order valence-corrected chi connectivity index (χ1v) is 8.44. The van der Waals surface area contributed by atoms with Gasteiger partial charge in [-0.05, 0) is 50.3 Å². The highest BCUT2D eigenvalue weighted by Crippen LogP contribution is 2.28.